The highest BCUT2D eigenvalue weighted by Crippen LogP contribution is 2.41. The van der Waals surface area contributed by atoms with Gasteiger partial charge in [-0.15, -0.1) is 23.1 Å². The van der Waals surface area contributed by atoms with Crippen LogP contribution in [0.15, 0.2) is 58.2 Å². The summed E-state index contributed by atoms with van der Waals surface area (Å²) in [5.74, 6) is -3.06. The number of fused-ring (bicyclic) bond motifs is 1. The number of amides is 2. The Bertz CT molecular complexity index is 1540. The molecule has 1 fully saturated rings. The molecule has 15 nitrogen and oxygen atoms in total. The lowest BCUT2D eigenvalue weighted by molar-refractivity contribution is -0.157. The van der Waals surface area contributed by atoms with Crippen LogP contribution in [0.25, 0.3) is 0 Å². The minimum Gasteiger partial charge on any atom is -0.426 e. The number of hydrogen-bond donors (Lipinski definition) is 3. The molecule has 0 spiro atoms. The molecule has 0 aliphatic carbocycles. The lowest BCUT2D eigenvalue weighted by Crippen LogP contribution is -2.71. The Hall–Kier alpha value is -4.74. The van der Waals surface area contributed by atoms with Crippen LogP contribution < -0.4 is 21.5 Å². The Labute approximate surface area is 259 Å². The van der Waals surface area contributed by atoms with Gasteiger partial charge in [0.2, 0.25) is 6.79 Å². The fraction of sp³-hybridized carbons (Fsp3) is 0.296. The molecule has 2 aliphatic heterocycles. The van der Waals surface area contributed by atoms with Crippen molar-refractivity contribution in [3.63, 3.8) is 0 Å². The van der Waals surface area contributed by atoms with E-state index in [1.807, 2.05) is 13.0 Å². The van der Waals surface area contributed by atoms with Gasteiger partial charge in [-0.1, -0.05) is 24.2 Å². The van der Waals surface area contributed by atoms with Crippen molar-refractivity contribution < 1.29 is 43.0 Å². The second kappa shape index (κ2) is 14.6. The number of hydrogen-bond acceptors (Lipinski definition) is 15. The fourth-order valence-corrected chi connectivity index (χ4v) is 5.91. The molecular weight excluding hydrogens is 616 g/mol. The normalized spacial score (nSPS) is 17.9. The zero-order valence-corrected chi connectivity index (χ0v) is 25.1. The van der Waals surface area contributed by atoms with Crippen molar-refractivity contribution in [3.05, 3.63) is 64.3 Å². The summed E-state index contributed by atoms with van der Waals surface area (Å²) in [4.78, 5) is 73.3. The van der Waals surface area contributed by atoms with E-state index < -0.39 is 47.9 Å². The van der Waals surface area contributed by atoms with Crippen molar-refractivity contribution in [1.82, 2.24) is 15.2 Å². The number of anilines is 1. The van der Waals surface area contributed by atoms with E-state index in [1.165, 1.54) is 53.4 Å². The second-order valence-corrected chi connectivity index (χ2v) is 10.9. The second-order valence-electron chi connectivity index (χ2n) is 8.92. The first-order valence-corrected chi connectivity index (χ1v) is 14.9. The monoisotopic (exact) mass is 644 g/mol. The Kier molecular flexibility index (Phi) is 10.7. The molecule has 1 saturated heterocycles. The highest BCUT2D eigenvalue weighted by Gasteiger charge is 2.54. The first-order valence-electron chi connectivity index (χ1n) is 13.0. The van der Waals surface area contributed by atoms with Gasteiger partial charge in [0.25, 0.3) is 11.8 Å². The number of thiazole rings is 1. The molecule has 2 aromatic rings. The van der Waals surface area contributed by atoms with Gasteiger partial charge in [-0.3, -0.25) is 19.3 Å². The first-order chi connectivity index (χ1) is 21.2. The van der Waals surface area contributed by atoms with E-state index in [0.717, 1.165) is 11.3 Å². The molecule has 1 aromatic carbocycles. The predicted octanol–water partition coefficient (Wildman–Crippen LogP) is 0.918. The molecule has 2 aliphatic rings. The number of carbonyl (C=O) groups is 5. The number of nitrogens with two attached hydrogens (primary N) is 2. The third-order valence-corrected chi connectivity index (χ3v) is 8.04. The predicted molar refractivity (Wildman–Crippen MR) is 159 cm³/mol. The number of rotatable bonds is 12. The van der Waals surface area contributed by atoms with Crippen LogP contribution in [-0.4, -0.2) is 82.9 Å². The molecule has 3 heterocycles. The molecule has 2 atom stereocenters. The summed E-state index contributed by atoms with van der Waals surface area (Å²) in [6, 6.07) is 4.52. The number of oxime groups is 1. The van der Waals surface area contributed by atoms with E-state index in [4.69, 9.17) is 30.5 Å². The summed E-state index contributed by atoms with van der Waals surface area (Å²) in [7, 11) is 1.26. The summed E-state index contributed by atoms with van der Waals surface area (Å²) >= 11 is 2.46. The maximum atomic E-state index is 13.3. The largest absolute Gasteiger partial charge is 0.426 e. The Morgan fingerprint density at radius 2 is 1.91 bits per heavy atom. The Balaban J connectivity index is 1.41. The standard InChI is InChI=1S/C27H28N6O9S2/c1-3-4-5-15-11-43-24-20(31-22(35)19(32-39-2)17-12-44-27(29)30-17)23(36)33(24)21(15)26(38)41-13-40-25(37)14-6-8-16(9-7-14)42-18(34)10-28/h4-9,12,20,24H,3,10-11,13,28H2,1-2H3,(H2,29,30)(H,31,35)/b5-4+,32-19-/t20-,24+/m1/s1. The SMILES string of the molecule is CC/C=C/C1=C(C(=O)OCOC(=O)c2ccc(OC(=O)CN)cc2)N2C(=O)[C@@H](NC(=O)/C(=N\OC)c3csc(N)n3)[C@@H]2SC1. The van der Waals surface area contributed by atoms with Crippen LogP contribution >= 0.6 is 23.1 Å². The van der Waals surface area contributed by atoms with Gasteiger partial charge in [0.15, 0.2) is 10.8 Å². The van der Waals surface area contributed by atoms with E-state index in [2.05, 4.69) is 15.5 Å². The number of nitrogen functional groups attached to an aromatic ring is 1. The molecule has 0 unspecified atom stereocenters. The van der Waals surface area contributed by atoms with Gasteiger partial charge in [-0.2, -0.15) is 0 Å². The van der Waals surface area contributed by atoms with Crippen LogP contribution in [0.5, 0.6) is 5.75 Å². The molecule has 44 heavy (non-hydrogen) atoms. The van der Waals surface area contributed by atoms with Crippen LogP contribution in [0.1, 0.15) is 29.4 Å². The molecule has 232 valence electrons. The molecule has 4 rings (SSSR count). The highest BCUT2D eigenvalue weighted by molar-refractivity contribution is 8.00. The minimum atomic E-state index is -0.977. The minimum absolute atomic E-state index is 0.0193. The van der Waals surface area contributed by atoms with Crippen molar-refractivity contribution in [2.75, 3.05) is 31.9 Å². The average molecular weight is 645 g/mol. The summed E-state index contributed by atoms with van der Waals surface area (Å²) < 4.78 is 15.2. The van der Waals surface area contributed by atoms with E-state index in [-0.39, 0.29) is 40.1 Å². The number of benzene rings is 1. The van der Waals surface area contributed by atoms with Gasteiger partial charge in [0, 0.05) is 11.1 Å². The lowest BCUT2D eigenvalue weighted by atomic mass is 10.0. The number of carbonyl (C=O) groups excluding carboxylic acids is 5. The number of esters is 3. The number of allylic oxidation sites excluding steroid dienone is 2. The highest BCUT2D eigenvalue weighted by atomic mass is 32.2. The number of thioether (sulfide) groups is 1. The number of nitrogens with zero attached hydrogens (tertiary/aromatic N) is 3. The van der Waals surface area contributed by atoms with Crippen LogP contribution in [0.2, 0.25) is 0 Å². The third-order valence-electron chi connectivity index (χ3n) is 6.06. The van der Waals surface area contributed by atoms with Crippen molar-refractivity contribution >= 4 is 63.7 Å². The smallest absolute Gasteiger partial charge is 0.358 e. The molecule has 2 amide bonds. The van der Waals surface area contributed by atoms with E-state index in [0.29, 0.717) is 17.7 Å². The molecule has 1 aromatic heterocycles. The molecule has 17 heteroatoms. The quantitative estimate of drug-likeness (QED) is 0.0733. The zero-order valence-electron chi connectivity index (χ0n) is 23.5. The summed E-state index contributed by atoms with van der Waals surface area (Å²) in [6.45, 7) is 0.883. The number of aromatic nitrogens is 1. The van der Waals surface area contributed by atoms with Crippen molar-refractivity contribution in [3.8, 4) is 5.75 Å². The topological polar surface area (TPSA) is 215 Å². The summed E-state index contributed by atoms with van der Waals surface area (Å²) in [6.07, 6.45) is 4.23. The van der Waals surface area contributed by atoms with Gasteiger partial charge in [-0.05, 0) is 36.3 Å². The van der Waals surface area contributed by atoms with Crippen LogP contribution in [0.4, 0.5) is 5.13 Å². The fourth-order valence-electron chi connectivity index (χ4n) is 4.04. The molecule has 5 N–H and O–H groups in total. The van der Waals surface area contributed by atoms with E-state index in [9.17, 15) is 24.0 Å². The molecule has 0 bridgehead atoms. The summed E-state index contributed by atoms with van der Waals surface area (Å²) in [5, 5.41) is 7.50. The average Bonchev–Trinajstić information content (AvgIpc) is 3.46. The van der Waals surface area contributed by atoms with Crippen molar-refractivity contribution in [2.45, 2.75) is 24.8 Å². The Morgan fingerprint density at radius 1 is 1.18 bits per heavy atom. The van der Waals surface area contributed by atoms with E-state index >= 15 is 0 Å². The van der Waals surface area contributed by atoms with Crippen LogP contribution in [0.3, 0.4) is 0 Å². The van der Waals surface area contributed by atoms with Gasteiger partial charge < -0.3 is 35.8 Å². The van der Waals surface area contributed by atoms with Crippen LogP contribution in [0, 0.1) is 0 Å². The molecular formula is C27H28N6O9S2. The maximum Gasteiger partial charge on any atom is 0.358 e. The maximum absolute atomic E-state index is 13.3. The summed E-state index contributed by atoms with van der Waals surface area (Å²) in [5.41, 5.74) is 11.5. The van der Waals surface area contributed by atoms with E-state index in [1.54, 1.807) is 6.08 Å². The molecule has 0 radical (unpaired) electrons. The van der Waals surface area contributed by atoms with Crippen molar-refractivity contribution in [1.29, 1.82) is 0 Å². The van der Waals surface area contributed by atoms with Gasteiger partial charge in [0.05, 0.1) is 12.1 Å². The number of ether oxygens (including phenoxy) is 3. The third kappa shape index (κ3) is 7.24. The Morgan fingerprint density at radius 3 is 2.55 bits per heavy atom. The zero-order chi connectivity index (χ0) is 31.8. The van der Waals surface area contributed by atoms with Gasteiger partial charge in [0.1, 0.15) is 35.7 Å². The van der Waals surface area contributed by atoms with Gasteiger partial charge >= 0.3 is 17.9 Å². The molecule has 0 saturated carbocycles. The first kappa shape index (κ1) is 32.2. The van der Waals surface area contributed by atoms with Crippen molar-refractivity contribution in [2.24, 2.45) is 10.9 Å². The van der Waals surface area contributed by atoms with Crippen LogP contribution in [-0.2, 0) is 33.5 Å². The lowest BCUT2D eigenvalue weighted by Gasteiger charge is -2.49. The number of nitrogens with one attached hydrogen (secondary N) is 1. The number of β-lactam (4-membered cyclic amide) rings is 1. The van der Waals surface area contributed by atoms with Gasteiger partial charge in [-0.25, -0.2) is 14.6 Å².